The summed E-state index contributed by atoms with van der Waals surface area (Å²) in [5.74, 6) is 1.36. The Hall–Kier alpha value is -1.30. The van der Waals surface area contributed by atoms with E-state index in [0.717, 1.165) is 17.9 Å². The number of rotatable bonds is 5. The van der Waals surface area contributed by atoms with Crippen molar-refractivity contribution in [2.24, 2.45) is 0 Å². The molecule has 88 valence electrons. The summed E-state index contributed by atoms with van der Waals surface area (Å²) < 4.78 is 0. The molecule has 5 nitrogen and oxygen atoms in total. The lowest BCUT2D eigenvalue weighted by atomic mass is 10.3. The van der Waals surface area contributed by atoms with Crippen LogP contribution >= 0.6 is 11.8 Å². The number of amides is 1. The minimum absolute atomic E-state index is 0.0604. The van der Waals surface area contributed by atoms with E-state index in [9.17, 15) is 4.79 Å². The Labute approximate surface area is 99.2 Å². The van der Waals surface area contributed by atoms with E-state index >= 15 is 0 Å². The number of hydrogen-bond donors (Lipinski definition) is 2. The highest BCUT2D eigenvalue weighted by atomic mass is 32.2. The van der Waals surface area contributed by atoms with Crippen LogP contribution in [-0.4, -0.2) is 28.7 Å². The minimum Gasteiger partial charge on any atom is -0.384 e. The Morgan fingerprint density at radius 2 is 2.31 bits per heavy atom. The maximum atomic E-state index is 11.0. The van der Waals surface area contributed by atoms with Gasteiger partial charge in [0.15, 0.2) is 5.16 Å². The SMILES string of the molecule is CNC(=O)CCCSc1nc(C)cc(N)n1. The highest BCUT2D eigenvalue weighted by Crippen LogP contribution is 2.16. The van der Waals surface area contributed by atoms with Crippen LogP contribution in [0.3, 0.4) is 0 Å². The van der Waals surface area contributed by atoms with E-state index in [1.807, 2.05) is 6.92 Å². The first-order valence-electron chi connectivity index (χ1n) is 5.06. The summed E-state index contributed by atoms with van der Waals surface area (Å²) >= 11 is 1.52. The zero-order valence-electron chi connectivity index (χ0n) is 9.49. The van der Waals surface area contributed by atoms with Crippen molar-refractivity contribution in [3.63, 3.8) is 0 Å². The second-order valence-electron chi connectivity index (χ2n) is 3.34. The van der Waals surface area contributed by atoms with Gasteiger partial charge in [0, 0.05) is 31.0 Å². The largest absolute Gasteiger partial charge is 0.384 e. The average Bonchev–Trinajstić information content (AvgIpc) is 2.22. The van der Waals surface area contributed by atoms with Crippen LogP contribution in [0.5, 0.6) is 0 Å². The van der Waals surface area contributed by atoms with Crippen molar-refractivity contribution in [2.45, 2.75) is 24.9 Å². The van der Waals surface area contributed by atoms with E-state index in [1.54, 1.807) is 13.1 Å². The Morgan fingerprint density at radius 1 is 1.56 bits per heavy atom. The van der Waals surface area contributed by atoms with E-state index in [1.165, 1.54) is 11.8 Å². The van der Waals surface area contributed by atoms with E-state index in [2.05, 4.69) is 15.3 Å². The van der Waals surface area contributed by atoms with Crippen molar-refractivity contribution < 1.29 is 4.79 Å². The molecule has 0 aliphatic carbocycles. The molecule has 1 heterocycles. The average molecular weight is 240 g/mol. The van der Waals surface area contributed by atoms with Gasteiger partial charge < -0.3 is 11.1 Å². The highest BCUT2D eigenvalue weighted by Gasteiger charge is 2.02. The third-order valence-electron chi connectivity index (χ3n) is 1.91. The molecule has 0 aliphatic rings. The number of carbonyl (C=O) groups is 1. The van der Waals surface area contributed by atoms with Gasteiger partial charge in [0.25, 0.3) is 0 Å². The van der Waals surface area contributed by atoms with Gasteiger partial charge >= 0.3 is 0 Å². The van der Waals surface area contributed by atoms with E-state index in [4.69, 9.17) is 5.73 Å². The van der Waals surface area contributed by atoms with E-state index in [-0.39, 0.29) is 5.91 Å². The first-order chi connectivity index (χ1) is 7.61. The number of nitrogens with one attached hydrogen (secondary N) is 1. The van der Waals surface area contributed by atoms with Gasteiger partial charge in [-0.2, -0.15) is 0 Å². The topological polar surface area (TPSA) is 80.9 Å². The van der Waals surface area contributed by atoms with Crippen LogP contribution in [0.4, 0.5) is 5.82 Å². The molecule has 1 aromatic rings. The molecule has 0 radical (unpaired) electrons. The molecule has 0 unspecified atom stereocenters. The maximum Gasteiger partial charge on any atom is 0.219 e. The summed E-state index contributed by atoms with van der Waals surface area (Å²) in [6, 6.07) is 1.73. The van der Waals surface area contributed by atoms with Crippen LogP contribution in [-0.2, 0) is 4.79 Å². The van der Waals surface area contributed by atoms with Crippen LogP contribution < -0.4 is 11.1 Å². The second-order valence-corrected chi connectivity index (χ2v) is 4.40. The van der Waals surface area contributed by atoms with Gasteiger partial charge in [-0.3, -0.25) is 4.79 Å². The number of aryl methyl sites for hydroxylation is 1. The molecule has 1 rings (SSSR count). The van der Waals surface area contributed by atoms with Crippen molar-refractivity contribution in [3.8, 4) is 0 Å². The Balaban J connectivity index is 2.34. The molecule has 0 aliphatic heterocycles. The number of nitrogens with two attached hydrogens (primary N) is 1. The quantitative estimate of drug-likeness (QED) is 0.455. The highest BCUT2D eigenvalue weighted by molar-refractivity contribution is 7.99. The number of nitrogens with zero attached hydrogens (tertiary/aromatic N) is 2. The summed E-state index contributed by atoms with van der Waals surface area (Å²) in [6.45, 7) is 1.88. The minimum atomic E-state index is 0.0604. The first kappa shape index (κ1) is 12.8. The third kappa shape index (κ3) is 4.48. The van der Waals surface area contributed by atoms with Crippen molar-refractivity contribution in [1.29, 1.82) is 0 Å². The summed E-state index contributed by atoms with van der Waals surface area (Å²) in [7, 11) is 1.64. The zero-order chi connectivity index (χ0) is 12.0. The van der Waals surface area contributed by atoms with Gasteiger partial charge in [0.05, 0.1) is 0 Å². The van der Waals surface area contributed by atoms with Crippen LogP contribution in [0.1, 0.15) is 18.5 Å². The normalized spacial score (nSPS) is 10.1. The fourth-order valence-corrected chi connectivity index (χ4v) is 2.00. The van der Waals surface area contributed by atoms with Crippen LogP contribution in [0.2, 0.25) is 0 Å². The van der Waals surface area contributed by atoms with Crippen molar-refractivity contribution in [1.82, 2.24) is 15.3 Å². The second kappa shape index (κ2) is 6.32. The van der Waals surface area contributed by atoms with Gasteiger partial charge in [-0.25, -0.2) is 9.97 Å². The number of anilines is 1. The smallest absolute Gasteiger partial charge is 0.219 e. The molecule has 0 saturated carbocycles. The summed E-state index contributed by atoms with van der Waals surface area (Å²) in [6.07, 6.45) is 1.34. The van der Waals surface area contributed by atoms with Crippen LogP contribution in [0.15, 0.2) is 11.2 Å². The summed E-state index contributed by atoms with van der Waals surface area (Å²) in [4.78, 5) is 19.3. The molecule has 16 heavy (non-hydrogen) atoms. The molecule has 1 aromatic heterocycles. The predicted octanol–water partition coefficient (Wildman–Crippen LogP) is 0.986. The third-order valence-corrected chi connectivity index (χ3v) is 2.85. The van der Waals surface area contributed by atoms with Crippen molar-refractivity contribution in [2.75, 3.05) is 18.5 Å². The maximum absolute atomic E-state index is 11.0. The Bertz CT molecular complexity index is 350. The van der Waals surface area contributed by atoms with Crippen molar-refractivity contribution in [3.05, 3.63) is 11.8 Å². The van der Waals surface area contributed by atoms with Gasteiger partial charge in [-0.1, -0.05) is 11.8 Å². The van der Waals surface area contributed by atoms with Crippen LogP contribution in [0.25, 0.3) is 0 Å². The Morgan fingerprint density at radius 3 is 2.94 bits per heavy atom. The van der Waals surface area contributed by atoms with Crippen molar-refractivity contribution >= 4 is 23.5 Å². The lowest BCUT2D eigenvalue weighted by Crippen LogP contribution is -2.17. The fraction of sp³-hybridized carbons (Fsp3) is 0.500. The van der Waals surface area contributed by atoms with E-state index in [0.29, 0.717) is 17.4 Å². The van der Waals surface area contributed by atoms with Gasteiger partial charge in [-0.15, -0.1) is 0 Å². The molecular weight excluding hydrogens is 224 g/mol. The molecule has 0 atom stereocenters. The van der Waals surface area contributed by atoms with E-state index < -0.39 is 0 Å². The van der Waals surface area contributed by atoms with Crippen LogP contribution in [0, 0.1) is 6.92 Å². The predicted molar refractivity (Wildman–Crippen MR) is 65.2 cm³/mol. The molecule has 6 heteroatoms. The van der Waals surface area contributed by atoms with Gasteiger partial charge in [-0.05, 0) is 13.3 Å². The number of aromatic nitrogens is 2. The molecule has 1 amide bonds. The standard InChI is InChI=1S/C10H16N4OS/c1-7-6-8(11)14-10(13-7)16-5-3-4-9(15)12-2/h6H,3-5H2,1-2H3,(H,12,15)(H2,11,13,14). The number of nitrogen functional groups attached to an aromatic ring is 1. The lowest BCUT2D eigenvalue weighted by molar-refractivity contribution is -0.120. The number of thioether (sulfide) groups is 1. The lowest BCUT2D eigenvalue weighted by Gasteiger charge is -2.02. The molecule has 0 fully saturated rings. The molecule has 0 saturated heterocycles. The monoisotopic (exact) mass is 240 g/mol. The molecule has 3 N–H and O–H groups in total. The molecule has 0 aromatic carbocycles. The molecular formula is C10H16N4OS. The fourth-order valence-electron chi connectivity index (χ4n) is 1.15. The zero-order valence-corrected chi connectivity index (χ0v) is 10.3. The molecule has 0 bridgehead atoms. The van der Waals surface area contributed by atoms with Gasteiger partial charge in [0.2, 0.25) is 5.91 Å². The Kier molecular flexibility index (Phi) is 5.04. The number of carbonyl (C=O) groups excluding carboxylic acids is 1. The summed E-state index contributed by atoms with van der Waals surface area (Å²) in [5.41, 5.74) is 6.47. The number of hydrogen-bond acceptors (Lipinski definition) is 5. The molecule has 0 spiro atoms. The summed E-state index contributed by atoms with van der Waals surface area (Å²) in [5, 5.41) is 3.26. The first-order valence-corrected chi connectivity index (χ1v) is 6.05. The van der Waals surface area contributed by atoms with Gasteiger partial charge in [0.1, 0.15) is 5.82 Å².